The molecule has 0 aliphatic rings. The quantitative estimate of drug-likeness (QED) is 0.702. The van der Waals surface area contributed by atoms with Crippen molar-refractivity contribution in [3.8, 4) is 5.82 Å². The third kappa shape index (κ3) is 2.00. The Kier molecular flexibility index (Phi) is 2.22. The fourth-order valence-electron chi connectivity index (χ4n) is 1.12. The molecule has 0 aliphatic carbocycles. The predicted octanol–water partition coefficient (Wildman–Crippen LogP) is 1.32. The van der Waals surface area contributed by atoms with Gasteiger partial charge in [-0.05, 0) is 12.1 Å². The summed E-state index contributed by atoms with van der Waals surface area (Å²) >= 11 is 0. The Labute approximate surface area is 83.6 Å². The van der Waals surface area contributed by atoms with Crippen LogP contribution >= 0.6 is 0 Å². The van der Waals surface area contributed by atoms with Crippen molar-refractivity contribution in [1.82, 2.24) is 14.8 Å². The van der Waals surface area contributed by atoms with Gasteiger partial charge in [0, 0.05) is 18.6 Å². The predicted molar refractivity (Wildman–Crippen MR) is 50.1 cm³/mol. The summed E-state index contributed by atoms with van der Waals surface area (Å²) < 4.78 is 38.0. The van der Waals surface area contributed by atoms with Gasteiger partial charge in [-0.3, -0.25) is 0 Å². The molecule has 2 heterocycles. The molecule has 0 saturated carbocycles. The lowest BCUT2D eigenvalue weighted by Crippen LogP contribution is -2.32. The summed E-state index contributed by atoms with van der Waals surface area (Å²) in [4.78, 5) is 3.88. The molecule has 0 bridgehead atoms. The van der Waals surface area contributed by atoms with Crippen LogP contribution in [0.3, 0.4) is 0 Å². The summed E-state index contributed by atoms with van der Waals surface area (Å²) in [7, 11) is 0. The number of pyridine rings is 1. The summed E-state index contributed by atoms with van der Waals surface area (Å²) in [6, 6.07) is 4.95. The van der Waals surface area contributed by atoms with E-state index >= 15 is 0 Å². The molecule has 0 atom stereocenters. The van der Waals surface area contributed by atoms with Crippen LogP contribution in [0.1, 0.15) is 0 Å². The first-order valence-electron chi connectivity index (χ1n) is 4.23. The van der Waals surface area contributed by atoms with Crippen LogP contribution in [0.4, 0.5) is 12.9 Å². The molecule has 15 heavy (non-hydrogen) atoms. The van der Waals surface area contributed by atoms with Crippen LogP contribution in [0.2, 0.25) is 0 Å². The molecule has 0 aliphatic heterocycles. The van der Waals surface area contributed by atoms with Crippen molar-refractivity contribution in [3.05, 3.63) is 36.8 Å². The molecule has 0 amide bonds. The fraction of sp³-hybridized carbons (Fsp3) is 0. The standard InChI is InChI=1S/C8H6BF3N3/c10-9(11,12)7-5-14-15(6-7)8-3-1-2-4-13-8/h1-6H/q-1. The van der Waals surface area contributed by atoms with E-state index in [9.17, 15) is 12.9 Å². The van der Waals surface area contributed by atoms with Crippen molar-refractivity contribution in [1.29, 1.82) is 0 Å². The first-order chi connectivity index (χ1) is 7.07. The molecule has 2 aromatic heterocycles. The van der Waals surface area contributed by atoms with Gasteiger partial charge in [-0.25, -0.2) is 9.67 Å². The summed E-state index contributed by atoms with van der Waals surface area (Å²) in [5.41, 5.74) is -0.722. The first kappa shape index (κ1) is 9.76. The zero-order valence-electron chi connectivity index (χ0n) is 7.52. The van der Waals surface area contributed by atoms with Gasteiger partial charge in [0.2, 0.25) is 0 Å². The minimum absolute atomic E-state index is 0.365. The summed E-state index contributed by atoms with van der Waals surface area (Å²) in [5, 5.41) is 3.60. The van der Waals surface area contributed by atoms with E-state index in [1.54, 1.807) is 18.2 Å². The van der Waals surface area contributed by atoms with Crippen LogP contribution in [-0.2, 0) is 0 Å². The number of hydrogen-bond donors (Lipinski definition) is 0. The van der Waals surface area contributed by atoms with Gasteiger partial charge in [0.25, 0.3) is 0 Å². The molecule has 2 aromatic rings. The van der Waals surface area contributed by atoms with Gasteiger partial charge in [0.15, 0.2) is 5.82 Å². The van der Waals surface area contributed by atoms with E-state index in [0.717, 1.165) is 17.1 Å². The molecule has 0 radical (unpaired) electrons. The Morgan fingerprint density at radius 2 is 2.00 bits per heavy atom. The van der Waals surface area contributed by atoms with Crippen LogP contribution in [0.25, 0.3) is 5.82 Å². The van der Waals surface area contributed by atoms with Gasteiger partial charge in [0.05, 0.1) is 0 Å². The highest BCUT2D eigenvalue weighted by Gasteiger charge is 2.27. The zero-order valence-corrected chi connectivity index (χ0v) is 7.52. The molecular weight excluding hydrogens is 206 g/mol. The Morgan fingerprint density at radius 3 is 2.53 bits per heavy atom. The molecule has 78 valence electrons. The topological polar surface area (TPSA) is 30.7 Å². The minimum Gasteiger partial charge on any atom is -0.445 e. The van der Waals surface area contributed by atoms with Crippen molar-refractivity contribution in [3.63, 3.8) is 0 Å². The van der Waals surface area contributed by atoms with Crippen LogP contribution in [0, 0.1) is 0 Å². The maximum Gasteiger partial charge on any atom is 0.512 e. The molecule has 7 heteroatoms. The van der Waals surface area contributed by atoms with Crippen molar-refractivity contribution < 1.29 is 12.9 Å². The maximum absolute atomic E-state index is 12.3. The second-order valence-corrected chi connectivity index (χ2v) is 2.98. The van der Waals surface area contributed by atoms with E-state index in [1.165, 1.54) is 6.20 Å². The lowest BCUT2D eigenvalue weighted by Gasteiger charge is -2.09. The summed E-state index contributed by atoms with van der Waals surface area (Å²) in [6.07, 6.45) is 3.23. The highest BCUT2D eigenvalue weighted by molar-refractivity contribution is 6.73. The molecule has 0 fully saturated rings. The second-order valence-electron chi connectivity index (χ2n) is 2.98. The first-order valence-corrected chi connectivity index (χ1v) is 4.23. The van der Waals surface area contributed by atoms with Gasteiger partial charge in [-0.15, -0.1) is 0 Å². The van der Waals surface area contributed by atoms with Gasteiger partial charge in [-0.2, -0.15) is 5.10 Å². The Balaban J connectivity index is 2.37. The number of rotatable bonds is 2. The second kappa shape index (κ2) is 3.41. The van der Waals surface area contributed by atoms with Gasteiger partial charge in [-0.1, -0.05) is 11.5 Å². The minimum atomic E-state index is -4.99. The number of halogens is 3. The van der Waals surface area contributed by atoms with E-state index in [1.807, 2.05) is 0 Å². The number of nitrogens with zero attached hydrogens (tertiary/aromatic N) is 3. The van der Waals surface area contributed by atoms with Crippen molar-refractivity contribution >= 4 is 12.4 Å². The normalized spacial score (nSPS) is 11.7. The maximum atomic E-state index is 12.3. The number of aromatic nitrogens is 3. The summed E-state index contributed by atoms with van der Waals surface area (Å²) in [6.45, 7) is -4.99. The average molecular weight is 212 g/mol. The van der Waals surface area contributed by atoms with Crippen molar-refractivity contribution in [2.75, 3.05) is 0 Å². The smallest absolute Gasteiger partial charge is 0.445 e. The van der Waals surface area contributed by atoms with Crippen LogP contribution < -0.4 is 5.46 Å². The van der Waals surface area contributed by atoms with Gasteiger partial charge < -0.3 is 12.9 Å². The third-order valence-corrected chi connectivity index (χ3v) is 1.86. The monoisotopic (exact) mass is 212 g/mol. The van der Waals surface area contributed by atoms with E-state index < -0.39 is 12.4 Å². The molecule has 0 aromatic carbocycles. The Hall–Kier alpha value is -1.79. The highest BCUT2D eigenvalue weighted by atomic mass is 19.4. The summed E-state index contributed by atoms with van der Waals surface area (Å²) in [5.74, 6) is 0.365. The van der Waals surface area contributed by atoms with Gasteiger partial charge >= 0.3 is 6.98 Å². The fourth-order valence-corrected chi connectivity index (χ4v) is 1.12. The van der Waals surface area contributed by atoms with E-state index in [-0.39, 0.29) is 0 Å². The van der Waals surface area contributed by atoms with Gasteiger partial charge in [0.1, 0.15) is 0 Å². The SMILES string of the molecule is F[B-](F)(F)c1cnn(-c2ccccn2)c1. The molecule has 0 saturated heterocycles. The van der Waals surface area contributed by atoms with Crippen LogP contribution in [0.15, 0.2) is 36.8 Å². The van der Waals surface area contributed by atoms with Crippen molar-refractivity contribution in [2.45, 2.75) is 0 Å². The van der Waals surface area contributed by atoms with Crippen LogP contribution in [-0.4, -0.2) is 21.7 Å². The molecule has 0 N–H and O–H groups in total. The van der Waals surface area contributed by atoms with E-state index in [0.29, 0.717) is 5.82 Å². The highest BCUT2D eigenvalue weighted by Crippen LogP contribution is 2.09. The lowest BCUT2D eigenvalue weighted by atomic mass is 9.83. The molecule has 2 rings (SSSR count). The zero-order chi connectivity index (χ0) is 10.9. The molecular formula is C8H6BF3N3-. The Bertz CT molecular complexity index is 452. The Morgan fingerprint density at radius 1 is 1.20 bits per heavy atom. The largest absolute Gasteiger partial charge is 0.512 e. The third-order valence-electron chi connectivity index (χ3n) is 1.86. The van der Waals surface area contributed by atoms with Crippen LogP contribution in [0.5, 0.6) is 0 Å². The molecule has 0 unspecified atom stereocenters. The number of hydrogen-bond acceptors (Lipinski definition) is 2. The van der Waals surface area contributed by atoms with Crippen molar-refractivity contribution in [2.24, 2.45) is 0 Å². The van der Waals surface area contributed by atoms with E-state index in [2.05, 4.69) is 10.1 Å². The average Bonchev–Trinajstić information content (AvgIpc) is 2.67. The molecule has 3 nitrogen and oxygen atoms in total. The molecule has 0 spiro atoms. The lowest BCUT2D eigenvalue weighted by molar-refractivity contribution is 0.501. The van der Waals surface area contributed by atoms with E-state index in [4.69, 9.17) is 0 Å².